The zero-order valence-electron chi connectivity index (χ0n) is 14.4. The van der Waals surface area contributed by atoms with Crippen LogP contribution in [-0.4, -0.2) is 24.4 Å². The first kappa shape index (κ1) is 16.7. The molecule has 0 saturated heterocycles. The molecule has 0 aromatic heterocycles. The van der Waals surface area contributed by atoms with Gasteiger partial charge in [-0.2, -0.15) is 0 Å². The summed E-state index contributed by atoms with van der Waals surface area (Å²) in [5.41, 5.74) is 0.691. The van der Waals surface area contributed by atoms with Crippen LogP contribution in [0.5, 0.6) is 11.5 Å². The van der Waals surface area contributed by atoms with Gasteiger partial charge in [-0.15, -0.1) is 0 Å². The molecule has 1 fully saturated rings. The molecular formula is C21H21NO4. The first-order valence-corrected chi connectivity index (χ1v) is 8.79. The number of rotatable bonds is 6. The van der Waals surface area contributed by atoms with Gasteiger partial charge in [0.05, 0.1) is 6.54 Å². The summed E-state index contributed by atoms with van der Waals surface area (Å²) in [6.45, 7) is 0.425. The molecule has 0 bridgehead atoms. The molecular weight excluding hydrogens is 330 g/mol. The van der Waals surface area contributed by atoms with Crippen molar-refractivity contribution in [2.75, 3.05) is 13.3 Å². The van der Waals surface area contributed by atoms with E-state index in [2.05, 4.69) is 5.32 Å². The predicted octanol–water partition coefficient (Wildman–Crippen LogP) is 2.84. The number of carbonyl (C=O) groups excluding carboxylic acids is 1. The van der Waals surface area contributed by atoms with Gasteiger partial charge in [0, 0.05) is 6.08 Å². The topological polar surface area (TPSA) is 67.8 Å². The third kappa shape index (κ3) is 3.44. The van der Waals surface area contributed by atoms with Crippen molar-refractivity contribution >= 4 is 12.0 Å². The summed E-state index contributed by atoms with van der Waals surface area (Å²) in [7, 11) is 0. The molecule has 2 aromatic carbocycles. The molecule has 2 N–H and O–H groups in total. The molecule has 0 radical (unpaired) electrons. The number of hydrogen-bond donors (Lipinski definition) is 2. The molecule has 1 amide bonds. The van der Waals surface area contributed by atoms with E-state index in [-0.39, 0.29) is 25.2 Å². The number of benzene rings is 2. The van der Waals surface area contributed by atoms with E-state index in [1.807, 2.05) is 48.5 Å². The summed E-state index contributed by atoms with van der Waals surface area (Å²) in [6, 6.07) is 15.1. The lowest BCUT2D eigenvalue weighted by Crippen LogP contribution is -2.42. The Balaban J connectivity index is 1.40. The van der Waals surface area contributed by atoms with Crippen LogP contribution in [0.3, 0.4) is 0 Å². The monoisotopic (exact) mass is 351 g/mol. The van der Waals surface area contributed by atoms with Gasteiger partial charge in [0.1, 0.15) is 5.60 Å². The standard InChI is InChI=1S/C21H21NO4/c23-20(11-7-15-6-10-18-19(12-15)26-14-25-18)22-13-21(24,17-8-9-17)16-4-2-1-3-5-16/h1-7,10-12,17,24H,8-9,13-14H2,(H,22,23)/b11-7+. The zero-order chi connectivity index (χ0) is 18.0. The SMILES string of the molecule is O=C(/C=C/c1ccc2c(c1)OCO2)NCC(O)(c1ccccc1)C1CC1. The Bertz CT molecular complexity index is 829. The minimum atomic E-state index is -1.01. The summed E-state index contributed by atoms with van der Waals surface area (Å²) in [5, 5.41) is 13.9. The number of hydrogen-bond acceptors (Lipinski definition) is 4. The summed E-state index contributed by atoms with van der Waals surface area (Å²) in [6.07, 6.45) is 5.15. The Hall–Kier alpha value is -2.79. The maximum absolute atomic E-state index is 12.2. The molecule has 1 saturated carbocycles. The fourth-order valence-corrected chi connectivity index (χ4v) is 3.24. The number of ether oxygens (including phenoxy) is 2. The molecule has 5 nitrogen and oxygen atoms in total. The van der Waals surface area contributed by atoms with Gasteiger partial charge in [0.15, 0.2) is 11.5 Å². The van der Waals surface area contributed by atoms with Crippen LogP contribution in [0.2, 0.25) is 0 Å². The molecule has 4 rings (SSSR count). The second-order valence-corrected chi connectivity index (χ2v) is 6.73. The Morgan fingerprint density at radius 3 is 2.69 bits per heavy atom. The van der Waals surface area contributed by atoms with Crippen LogP contribution in [0.4, 0.5) is 0 Å². The summed E-state index contributed by atoms with van der Waals surface area (Å²) in [5.74, 6) is 1.35. The van der Waals surface area contributed by atoms with Crippen LogP contribution >= 0.6 is 0 Å². The van der Waals surface area contributed by atoms with Gasteiger partial charge in [-0.05, 0) is 48.1 Å². The molecule has 5 heteroatoms. The van der Waals surface area contributed by atoms with Gasteiger partial charge in [0.2, 0.25) is 12.7 Å². The lowest BCUT2D eigenvalue weighted by Gasteiger charge is -2.29. The quantitative estimate of drug-likeness (QED) is 0.786. The summed E-state index contributed by atoms with van der Waals surface area (Å²) in [4.78, 5) is 12.2. The van der Waals surface area contributed by atoms with Crippen LogP contribution in [0.25, 0.3) is 6.08 Å². The second kappa shape index (κ2) is 6.84. The van der Waals surface area contributed by atoms with Crippen molar-refractivity contribution in [3.63, 3.8) is 0 Å². The maximum atomic E-state index is 12.2. The molecule has 1 heterocycles. The Kier molecular flexibility index (Phi) is 4.39. The second-order valence-electron chi connectivity index (χ2n) is 6.73. The van der Waals surface area contributed by atoms with Gasteiger partial charge in [-0.1, -0.05) is 36.4 Å². The van der Waals surface area contributed by atoms with E-state index in [0.29, 0.717) is 11.5 Å². The van der Waals surface area contributed by atoms with Gasteiger partial charge in [-0.3, -0.25) is 4.79 Å². The van der Waals surface area contributed by atoms with Crippen LogP contribution in [0.15, 0.2) is 54.6 Å². The number of carbonyl (C=O) groups is 1. The van der Waals surface area contributed by atoms with E-state index >= 15 is 0 Å². The largest absolute Gasteiger partial charge is 0.454 e. The maximum Gasteiger partial charge on any atom is 0.244 e. The summed E-state index contributed by atoms with van der Waals surface area (Å²) >= 11 is 0. The first-order valence-electron chi connectivity index (χ1n) is 8.79. The number of amides is 1. The average Bonchev–Trinajstić information content (AvgIpc) is 3.43. The number of aliphatic hydroxyl groups is 1. The minimum absolute atomic E-state index is 0.197. The van der Waals surface area contributed by atoms with Crippen molar-refractivity contribution in [3.8, 4) is 11.5 Å². The first-order chi connectivity index (χ1) is 12.6. The number of nitrogens with one attached hydrogen (secondary N) is 1. The van der Waals surface area contributed by atoms with E-state index in [1.54, 1.807) is 6.08 Å². The number of fused-ring (bicyclic) bond motifs is 1. The highest BCUT2D eigenvalue weighted by Crippen LogP contribution is 2.45. The fraction of sp³-hybridized carbons (Fsp3) is 0.286. The molecule has 2 aliphatic rings. The van der Waals surface area contributed by atoms with Crippen molar-refractivity contribution in [1.29, 1.82) is 0 Å². The third-order valence-electron chi connectivity index (χ3n) is 4.88. The highest BCUT2D eigenvalue weighted by Gasteiger charge is 2.45. The summed E-state index contributed by atoms with van der Waals surface area (Å²) < 4.78 is 10.6. The highest BCUT2D eigenvalue weighted by molar-refractivity contribution is 5.91. The van der Waals surface area contributed by atoms with E-state index in [4.69, 9.17) is 9.47 Å². The molecule has 1 aliphatic carbocycles. The third-order valence-corrected chi connectivity index (χ3v) is 4.88. The van der Waals surface area contributed by atoms with Gasteiger partial charge < -0.3 is 19.9 Å². The van der Waals surface area contributed by atoms with Crippen LogP contribution in [0, 0.1) is 5.92 Å². The van der Waals surface area contributed by atoms with E-state index in [9.17, 15) is 9.90 Å². The lowest BCUT2D eigenvalue weighted by molar-refractivity contribution is -0.118. The van der Waals surface area contributed by atoms with Crippen LogP contribution < -0.4 is 14.8 Å². The Morgan fingerprint density at radius 1 is 1.15 bits per heavy atom. The molecule has 26 heavy (non-hydrogen) atoms. The molecule has 1 aliphatic heterocycles. The van der Waals surface area contributed by atoms with E-state index in [0.717, 1.165) is 24.0 Å². The Labute approximate surface area is 152 Å². The fourth-order valence-electron chi connectivity index (χ4n) is 3.24. The smallest absolute Gasteiger partial charge is 0.244 e. The van der Waals surface area contributed by atoms with Gasteiger partial charge in [0.25, 0.3) is 0 Å². The molecule has 2 aromatic rings. The Morgan fingerprint density at radius 2 is 1.92 bits per heavy atom. The average molecular weight is 351 g/mol. The predicted molar refractivity (Wildman–Crippen MR) is 97.7 cm³/mol. The van der Waals surface area contributed by atoms with Gasteiger partial charge >= 0.3 is 0 Å². The molecule has 1 unspecified atom stereocenters. The minimum Gasteiger partial charge on any atom is -0.454 e. The molecule has 1 atom stereocenters. The normalized spacial score (nSPS) is 17.9. The van der Waals surface area contributed by atoms with Crippen molar-refractivity contribution in [1.82, 2.24) is 5.32 Å². The molecule has 0 spiro atoms. The molecule has 134 valence electrons. The van der Waals surface area contributed by atoms with Crippen molar-refractivity contribution in [2.45, 2.75) is 18.4 Å². The van der Waals surface area contributed by atoms with E-state index in [1.165, 1.54) is 6.08 Å². The highest BCUT2D eigenvalue weighted by atomic mass is 16.7. The van der Waals surface area contributed by atoms with Crippen molar-refractivity contribution in [2.24, 2.45) is 5.92 Å². The van der Waals surface area contributed by atoms with E-state index < -0.39 is 5.60 Å². The van der Waals surface area contributed by atoms with Crippen LogP contribution in [-0.2, 0) is 10.4 Å². The van der Waals surface area contributed by atoms with Crippen molar-refractivity contribution < 1.29 is 19.4 Å². The lowest BCUT2D eigenvalue weighted by atomic mass is 9.88. The van der Waals surface area contributed by atoms with Gasteiger partial charge in [-0.25, -0.2) is 0 Å². The van der Waals surface area contributed by atoms with Crippen molar-refractivity contribution in [3.05, 3.63) is 65.7 Å². The zero-order valence-corrected chi connectivity index (χ0v) is 14.4. The van der Waals surface area contributed by atoms with Crippen LogP contribution in [0.1, 0.15) is 24.0 Å².